The van der Waals surface area contributed by atoms with Gasteiger partial charge in [0, 0.05) is 12.1 Å². The van der Waals surface area contributed by atoms with Gasteiger partial charge in [-0.1, -0.05) is 0 Å². The third kappa shape index (κ3) is 2.09. The Morgan fingerprint density at radius 1 is 1.62 bits per heavy atom. The normalized spacial score (nSPS) is 16.0. The molecule has 0 amide bonds. The van der Waals surface area contributed by atoms with Crippen molar-refractivity contribution >= 4 is 0 Å². The molecule has 4 heteroatoms. The molecule has 1 aromatic heterocycles. The SMILES string of the molecule is O=c1cc(CNC2CC2)occ1O. The predicted octanol–water partition coefficient (Wildman–Crippen LogP) is 0.597. The lowest BCUT2D eigenvalue weighted by Gasteiger charge is -2.00. The van der Waals surface area contributed by atoms with E-state index >= 15 is 0 Å². The minimum absolute atomic E-state index is 0.338. The van der Waals surface area contributed by atoms with E-state index in [0.29, 0.717) is 18.3 Å². The summed E-state index contributed by atoms with van der Waals surface area (Å²) in [6.07, 6.45) is 3.47. The summed E-state index contributed by atoms with van der Waals surface area (Å²) in [6.45, 7) is 0.556. The van der Waals surface area contributed by atoms with Gasteiger partial charge in [0.1, 0.15) is 12.0 Å². The highest BCUT2D eigenvalue weighted by Gasteiger charge is 2.20. The van der Waals surface area contributed by atoms with Crippen molar-refractivity contribution in [3.63, 3.8) is 0 Å². The van der Waals surface area contributed by atoms with E-state index < -0.39 is 0 Å². The van der Waals surface area contributed by atoms with Crippen LogP contribution >= 0.6 is 0 Å². The van der Waals surface area contributed by atoms with E-state index in [9.17, 15) is 4.79 Å². The Balaban J connectivity index is 2.03. The summed E-state index contributed by atoms with van der Waals surface area (Å²) in [5.41, 5.74) is -0.390. The van der Waals surface area contributed by atoms with Gasteiger partial charge in [0.15, 0.2) is 5.75 Å². The quantitative estimate of drug-likeness (QED) is 0.716. The molecular formula is C9H11NO3. The lowest BCUT2D eigenvalue weighted by Crippen LogP contribution is -2.16. The van der Waals surface area contributed by atoms with Crippen LogP contribution in [0, 0.1) is 0 Å². The molecule has 0 saturated heterocycles. The third-order valence-corrected chi connectivity index (χ3v) is 2.01. The van der Waals surface area contributed by atoms with Gasteiger partial charge in [-0.3, -0.25) is 4.79 Å². The molecule has 2 N–H and O–H groups in total. The standard InChI is InChI=1S/C9H11NO3/c11-8-3-7(13-5-9(8)12)4-10-6-1-2-6/h3,5-6,10,12H,1-2,4H2. The molecule has 0 radical (unpaired) electrons. The van der Waals surface area contributed by atoms with Crippen LogP contribution in [0.4, 0.5) is 0 Å². The Morgan fingerprint density at radius 2 is 2.38 bits per heavy atom. The molecule has 1 aliphatic rings. The number of hydrogen-bond acceptors (Lipinski definition) is 4. The van der Waals surface area contributed by atoms with Crippen molar-refractivity contribution in [2.24, 2.45) is 0 Å². The molecule has 2 rings (SSSR count). The van der Waals surface area contributed by atoms with Gasteiger partial charge in [-0.15, -0.1) is 0 Å². The Bertz CT molecular complexity index is 354. The average molecular weight is 181 g/mol. The highest BCUT2D eigenvalue weighted by atomic mass is 16.4. The number of nitrogens with one attached hydrogen (secondary N) is 1. The molecule has 70 valence electrons. The zero-order valence-corrected chi connectivity index (χ0v) is 7.12. The molecule has 0 aliphatic heterocycles. The van der Waals surface area contributed by atoms with E-state index in [1.54, 1.807) is 0 Å². The van der Waals surface area contributed by atoms with Crippen LogP contribution in [-0.2, 0) is 6.54 Å². The van der Waals surface area contributed by atoms with E-state index in [2.05, 4.69) is 5.32 Å². The lowest BCUT2D eigenvalue weighted by atomic mass is 10.3. The summed E-state index contributed by atoms with van der Waals surface area (Å²) in [4.78, 5) is 11.0. The Morgan fingerprint density at radius 3 is 3.00 bits per heavy atom. The second-order valence-corrected chi connectivity index (χ2v) is 3.25. The summed E-state index contributed by atoms with van der Waals surface area (Å²) in [6, 6.07) is 1.89. The van der Waals surface area contributed by atoms with E-state index in [1.165, 1.54) is 18.9 Å². The van der Waals surface area contributed by atoms with Crippen LogP contribution in [0.1, 0.15) is 18.6 Å². The maximum atomic E-state index is 11.0. The fourth-order valence-electron chi connectivity index (χ4n) is 1.07. The van der Waals surface area contributed by atoms with Gasteiger partial charge in [0.25, 0.3) is 0 Å². The van der Waals surface area contributed by atoms with Crippen LogP contribution in [0.5, 0.6) is 5.75 Å². The average Bonchev–Trinajstić information content (AvgIpc) is 2.91. The molecule has 13 heavy (non-hydrogen) atoms. The van der Waals surface area contributed by atoms with Crippen molar-refractivity contribution in [3.05, 3.63) is 28.3 Å². The second-order valence-electron chi connectivity index (χ2n) is 3.25. The fraction of sp³-hybridized carbons (Fsp3) is 0.444. The summed E-state index contributed by atoms with van der Waals surface area (Å²) in [5, 5.41) is 12.1. The van der Waals surface area contributed by atoms with Crippen molar-refractivity contribution < 1.29 is 9.52 Å². The third-order valence-electron chi connectivity index (χ3n) is 2.01. The molecule has 4 nitrogen and oxygen atoms in total. The molecule has 1 heterocycles. The molecule has 1 fully saturated rings. The first kappa shape index (κ1) is 8.31. The van der Waals surface area contributed by atoms with E-state index in [-0.39, 0.29) is 11.2 Å². The molecule has 1 aliphatic carbocycles. The van der Waals surface area contributed by atoms with E-state index in [4.69, 9.17) is 9.52 Å². The van der Waals surface area contributed by atoms with E-state index in [0.717, 1.165) is 6.26 Å². The Hall–Kier alpha value is -1.29. The van der Waals surface area contributed by atoms with Crippen LogP contribution < -0.4 is 10.7 Å². The summed E-state index contributed by atoms with van der Waals surface area (Å²) >= 11 is 0. The van der Waals surface area contributed by atoms with Crippen molar-refractivity contribution in [2.45, 2.75) is 25.4 Å². The summed E-state index contributed by atoms with van der Waals surface area (Å²) in [5.74, 6) is 0.227. The summed E-state index contributed by atoms with van der Waals surface area (Å²) < 4.78 is 5.00. The van der Waals surface area contributed by atoms with Gasteiger partial charge in [0.2, 0.25) is 5.43 Å². The topological polar surface area (TPSA) is 62.5 Å². The van der Waals surface area contributed by atoms with Crippen LogP contribution in [0.3, 0.4) is 0 Å². The maximum absolute atomic E-state index is 11.0. The maximum Gasteiger partial charge on any atom is 0.226 e. The summed E-state index contributed by atoms with van der Waals surface area (Å²) in [7, 11) is 0. The highest BCUT2D eigenvalue weighted by Crippen LogP contribution is 2.19. The monoisotopic (exact) mass is 181 g/mol. The zero-order chi connectivity index (χ0) is 9.26. The van der Waals surface area contributed by atoms with Gasteiger partial charge < -0.3 is 14.8 Å². The van der Waals surface area contributed by atoms with Crippen LogP contribution in [0.25, 0.3) is 0 Å². The Kier molecular flexibility index (Phi) is 2.06. The molecule has 0 spiro atoms. The fourth-order valence-corrected chi connectivity index (χ4v) is 1.07. The highest BCUT2D eigenvalue weighted by molar-refractivity contribution is 5.15. The molecule has 0 bridgehead atoms. The van der Waals surface area contributed by atoms with Crippen LogP contribution in [-0.4, -0.2) is 11.1 Å². The molecular weight excluding hydrogens is 170 g/mol. The molecule has 1 aromatic rings. The minimum Gasteiger partial charge on any atom is -0.502 e. The molecule has 0 unspecified atom stereocenters. The van der Waals surface area contributed by atoms with Gasteiger partial charge in [-0.05, 0) is 12.8 Å². The van der Waals surface area contributed by atoms with Crippen molar-refractivity contribution in [1.29, 1.82) is 0 Å². The first-order chi connectivity index (χ1) is 6.25. The second kappa shape index (κ2) is 3.22. The van der Waals surface area contributed by atoms with Gasteiger partial charge in [-0.25, -0.2) is 0 Å². The first-order valence-corrected chi connectivity index (χ1v) is 4.30. The molecule has 1 saturated carbocycles. The predicted molar refractivity (Wildman–Crippen MR) is 46.5 cm³/mol. The van der Waals surface area contributed by atoms with Gasteiger partial charge in [0.05, 0.1) is 6.54 Å². The molecule has 0 aromatic carbocycles. The van der Waals surface area contributed by atoms with Gasteiger partial charge >= 0.3 is 0 Å². The van der Waals surface area contributed by atoms with E-state index in [1.807, 2.05) is 0 Å². The van der Waals surface area contributed by atoms with Crippen LogP contribution in [0.2, 0.25) is 0 Å². The molecule has 0 atom stereocenters. The lowest BCUT2D eigenvalue weighted by molar-refractivity contribution is 0.405. The Labute approximate surface area is 75.2 Å². The largest absolute Gasteiger partial charge is 0.502 e. The van der Waals surface area contributed by atoms with Gasteiger partial charge in [-0.2, -0.15) is 0 Å². The number of aromatic hydroxyl groups is 1. The number of rotatable bonds is 3. The zero-order valence-electron chi connectivity index (χ0n) is 7.12. The van der Waals surface area contributed by atoms with Crippen LogP contribution in [0.15, 0.2) is 21.5 Å². The smallest absolute Gasteiger partial charge is 0.226 e. The van der Waals surface area contributed by atoms with Crippen molar-refractivity contribution in [3.8, 4) is 5.75 Å². The van der Waals surface area contributed by atoms with Crippen molar-refractivity contribution in [2.75, 3.05) is 0 Å². The minimum atomic E-state index is -0.390. The van der Waals surface area contributed by atoms with Crippen molar-refractivity contribution in [1.82, 2.24) is 5.32 Å². The number of hydrogen-bond donors (Lipinski definition) is 2. The first-order valence-electron chi connectivity index (χ1n) is 4.30.